The Balaban J connectivity index is 2.70. The van der Waals surface area contributed by atoms with Gasteiger partial charge >= 0.3 is 0 Å². The molecular formula is C14H24N2O5. The number of aliphatic hydroxyl groups is 5. The van der Waals surface area contributed by atoms with Crippen molar-refractivity contribution in [1.82, 2.24) is 0 Å². The first-order valence-corrected chi connectivity index (χ1v) is 6.84. The highest BCUT2D eigenvalue weighted by atomic mass is 16.4. The molecule has 0 aliphatic rings. The minimum atomic E-state index is -1.62. The highest BCUT2D eigenvalue weighted by Gasteiger charge is 2.30. The molecule has 1 aromatic rings. The zero-order chi connectivity index (χ0) is 16.0. The third-order valence-corrected chi connectivity index (χ3v) is 3.37. The van der Waals surface area contributed by atoms with Gasteiger partial charge in [-0.25, -0.2) is 0 Å². The normalized spacial score (nSPS) is 17.0. The van der Waals surface area contributed by atoms with E-state index >= 15 is 0 Å². The Kier molecular flexibility index (Phi) is 6.86. The predicted octanol–water partition coefficient (Wildman–Crippen LogP) is -1.47. The van der Waals surface area contributed by atoms with Crippen LogP contribution in [0, 0.1) is 0 Å². The average molecular weight is 300 g/mol. The summed E-state index contributed by atoms with van der Waals surface area (Å²) >= 11 is 0. The molecule has 1 aromatic carbocycles. The van der Waals surface area contributed by atoms with E-state index in [1.807, 2.05) is 6.92 Å². The topological polar surface area (TPSA) is 130 Å². The fourth-order valence-corrected chi connectivity index (χ4v) is 2.00. The smallest absolute Gasteiger partial charge is 0.111 e. The van der Waals surface area contributed by atoms with Crippen molar-refractivity contribution in [3.05, 3.63) is 24.3 Å². The van der Waals surface area contributed by atoms with Crippen LogP contribution in [0.4, 0.5) is 11.4 Å². The highest BCUT2D eigenvalue weighted by molar-refractivity contribution is 5.53. The van der Waals surface area contributed by atoms with Gasteiger partial charge in [0.1, 0.15) is 18.3 Å². The van der Waals surface area contributed by atoms with Crippen LogP contribution >= 0.6 is 0 Å². The number of aliphatic hydroxyl groups excluding tert-OH is 5. The number of nitrogens with zero attached hydrogens (tertiary/aromatic N) is 1. The van der Waals surface area contributed by atoms with Crippen LogP contribution in [-0.2, 0) is 0 Å². The van der Waals surface area contributed by atoms with Crippen molar-refractivity contribution in [3.63, 3.8) is 0 Å². The zero-order valence-corrected chi connectivity index (χ0v) is 12.0. The standard InChI is InChI=1S/C14H24N2O5/c1-2-16(10-5-3-9(15)4-6-10)7-11(18)13(20)14(21)12(19)8-17/h3-6,11-14,17-21H,2,7-8,15H2,1H3. The zero-order valence-electron chi connectivity index (χ0n) is 12.0. The van der Waals surface area contributed by atoms with Crippen LogP contribution in [0.1, 0.15) is 6.92 Å². The summed E-state index contributed by atoms with van der Waals surface area (Å²) in [4.78, 5) is 1.80. The van der Waals surface area contributed by atoms with Gasteiger partial charge < -0.3 is 36.2 Å². The largest absolute Gasteiger partial charge is 0.399 e. The molecule has 120 valence electrons. The van der Waals surface area contributed by atoms with Gasteiger partial charge in [-0.05, 0) is 31.2 Å². The number of rotatable bonds is 8. The highest BCUT2D eigenvalue weighted by Crippen LogP contribution is 2.17. The molecule has 0 radical (unpaired) electrons. The van der Waals surface area contributed by atoms with Gasteiger partial charge in [0.05, 0.1) is 12.7 Å². The van der Waals surface area contributed by atoms with Gasteiger partial charge in [-0.15, -0.1) is 0 Å². The second-order valence-electron chi connectivity index (χ2n) is 4.93. The number of anilines is 2. The molecule has 4 atom stereocenters. The van der Waals surface area contributed by atoms with E-state index in [0.717, 1.165) is 5.69 Å². The first-order chi connectivity index (χ1) is 9.90. The summed E-state index contributed by atoms with van der Waals surface area (Å²) in [6.45, 7) is 1.83. The summed E-state index contributed by atoms with van der Waals surface area (Å²) in [6.07, 6.45) is -5.95. The minimum absolute atomic E-state index is 0.0663. The van der Waals surface area contributed by atoms with Crippen molar-refractivity contribution in [2.75, 3.05) is 30.3 Å². The van der Waals surface area contributed by atoms with Crippen LogP contribution in [0.3, 0.4) is 0 Å². The molecule has 0 aliphatic heterocycles. The van der Waals surface area contributed by atoms with Gasteiger partial charge in [0.15, 0.2) is 0 Å². The maximum absolute atomic E-state index is 9.98. The summed E-state index contributed by atoms with van der Waals surface area (Å²) in [6, 6.07) is 7.03. The van der Waals surface area contributed by atoms with Crippen LogP contribution in [0.25, 0.3) is 0 Å². The molecule has 7 heteroatoms. The number of benzene rings is 1. The van der Waals surface area contributed by atoms with Crippen LogP contribution in [0.5, 0.6) is 0 Å². The lowest BCUT2D eigenvalue weighted by atomic mass is 10.0. The molecule has 0 fully saturated rings. The maximum atomic E-state index is 9.98. The van der Waals surface area contributed by atoms with Crippen molar-refractivity contribution >= 4 is 11.4 Å². The Morgan fingerprint density at radius 3 is 2.00 bits per heavy atom. The predicted molar refractivity (Wildman–Crippen MR) is 79.9 cm³/mol. The van der Waals surface area contributed by atoms with E-state index in [9.17, 15) is 20.4 Å². The molecule has 0 heterocycles. The molecule has 0 saturated carbocycles. The second-order valence-corrected chi connectivity index (χ2v) is 4.93. The molecule has 0 spiro atoms. The fourth-order valence-electron chi connectivity index (χ4n) is 2.00. The molecule has 7 nitrogen and oxygen atoms in total. The van der Waals surface area contributed by atoms with E-state index in [-0.39, 0.29) is 6.54 Å². The SMILES string of the molecule is CCN(CC(O)C(O)C(O)C(O)CO)c1ccc(N)cc1. The molecule has 7 N–H and O–H groups in total. The van der Waals surface area contributed by atoms with E-state index in [1.54, 1.807) is 29.2 Å². The van der Waals surface area contributed by atoms with E-state index in [0.29, 0.717) is 12.2 Å². The van der Waals surface area contributed by atoms with E-state index < -0.39 is 31.0 Å². The quantitative estimate of drug-likeness (QED) is 0.323. The number of hydrogen-bond acceptors (Lipinski definition) is 7. The average Bonchev–Trinajstić information content (AvgIpc) is 2.50. The Morgan fingerprint density at radius 1 is 1.00 bits per heavy atom. The second kappa shape index (κ2) is 8.16. The van der Waals surface area contributed by atoms with Gasteiger partial charge in [-0.3, -0.25) is 0 Å². The maximum Gasteiger partial charge on any atom is 0.111 e. The van der Waals surface area contributed by atoms with Gasteiger partial charge in [0.25, 0.3) is 0 Å². The molecule has 0 saturated heterocycles. The van der Waals surface area contributed by atoms with Crippen molar-refractivity contribution in [1.29, 1.82) is 0 Å². The van der Waals surface area contributed by atoms with Gasteiger partial charge in [0.2, 0.25) is 0 Å². The molecular weight excluding hydrogens is 276 g/mol. The lowest BCUT2D eigenvalue weighted by Crippen LogP contribution is -2.49. The van der Waals surface area contributed by atoms with Crippen LogP contribution in [0.15, 0.2) is 24.3 Å². The summed E-state index contributed by atoms with van der Waals surface area (Å²) in [5.74, 6) is 0. The summed E-state index contributed by atoms with van der Waals surface area (Å²) < 4.78 is 0. The molecule has 0 amide bonds. The molecule has 4 unspecified atom stereocenters. The number of likely N-dealkylation sites (N-methyl/N-ethyl adjacent to an activating group) is 1. The Morgan fingerprint density at radius 2 is 1.52 bits per heavy atom. The van der Waals surface area contributed by atoms with Crippen molar-refractivity contribution in [2.45, 2.75) is 31.3 Å². The van der Waals surface area contributed by atoms with Gasteiger partial charge in [-0.1, -0.05) is 0 Å². The van der Waals surface area contributed by atoms with Gasteiger partial charge in [0, 0.05) is 24.5 Å². The van der Waals surface area contributed by atoms with Gasteiger partial charge in [-0.2, -0.15) is 0 Å². The molecule has 21 heavy (non-hydrogen) atoms. The lowest BCUT2D eigenvalue weighted by molar-refractivity contribution is -0.112. The van der Waals surface area contributed by atoms with Crippen LogP contribution in [-0.4, -0.2) is 69.6 Å². The Hall–Kier alpha value is -1.38. The van der Waals surface area contributed by atoms with Crippen molar-refractivity contribution in [3.8, 4) is 0 Å². The summed E-state index contributed by atoms with van der Waals surface area (Å²) in [5.41, 5.74) is 7.05. The lowest BCUT2D eigenvalue weighted by Gasteiger charge is -2.31. The number of hydrogen-bond donors (Lipinski definition) is 6. The molecule has 1 rings (SSSR count). The summed E-state index contributed by atoms with van der Waals surface area (Å²) in [5, 5.41) is 47.4. The molecule has 0 aromatic heterocycles. The third-order valence-electron chi connectivity index (χ3n) is 3.37. The third kappa shape index (κ3) is 4.83. The number of nitrogen functional groups attached to an aromatic ring is 1. The monoisotopic (exact) mass is 300 g/mol. The van der Waals surface area contributed by atoms with Crippen molar-refractivity contribution < 1.29 is 25.5 Å². The van der Waals surface area contributed by atoms with Crippen LogP contribution in [0.2, 0.25) is 0 Å². The molecule has 0 bridgehead atoms. The van der Waals surface area contributed by atoms with Crippen molar-refractivity contribution in [2.24, 2.45) is 0 Å². The first kappa shape index (κ1) is 17.7. The fraction of sp³-hybridized carbons (Fsp3) is 0.571. The minimum Gasteiger partial charge on any atom is -0.399 e. The Bertz CT molecular complexity index is 414. The first-order valence-electron chi connectivity index (χ1n) is 6.84. The van der Waals surface area contributed by atoms with Crippen LogP contribution < -0.4 is 10.6 Å². The van der Waals surface area contributed by atoms with E-state index in [4.69, 9.17) is 10.8 Å². The molecule has 0 aliphatic carbocycles. The number of nitrogens with two attached hydrogens (primary N) is 1. The van der Waals surface area contributed by atoms with E-state index in [2.05, 4.69) is 0 Å². The Labute approximate surface area is 123 Å². The van der Waals surface area contributed by atoms with E-state index in [1.165, 1.54) is 0 Å². The summed E-state index contributed by atoms with van der Waals surface area (Å²) in [7, 11) is 0.